The molecule has 3 aromatic rings. The summed E-state index contributed by atoms with van der Waals surface area (Å²) < 4.78 is -2.60. The van der Waals surface area contributed by atoms with Crippen LogP contribution >= 0.6 is 143 Å². The molecule has 0 fully saturated rings. The maximum atomic E-state index is 14.8. The van der Waals surface area contributed by atoms with Crippen molar-refractivity contribution < 1.29 is 53.5 Å². The second-order valence-electron chi connectivity index (χ2n) is 13.6. The number of carboxylic acids is 1. The van der Waals surface area contributed by atoms with Crippen LogP contribution in [0.15, 0.2) is 40.3 Å². The van der Waals surface area contributed by atoms with Crippen molar-refractivity contribution in [2.45, 2.75) is 46.7 Å². The first-order valence-corrected chi connectivity index (χ1v) is 26.4. The van der Waals surface area contributed by atoms with Crippen LogP contribution in [0.4, 0.5) is 16.2 Å². The predicted octanol–water partition coefficient (Wildman–Crippen LogP) is 8.30. The summed E-state index contributed by atoms with van der Waals surface area (Å²) in [5.74, 6) is -8.82. The first-order valence-electron chi connectivity index (χ1n) is 19.3. The third-order valence-corrected chi connectivity index (χ3v) is 16.5. The molecule has 3 rings (SSSR count). The van der Waals surface area contributed by atoms with Gasteiger partial charge in [0.05, 0.1) is 52.6 Å². The van der Waals surface area contributed by atoms with Gasteiger partial charge in [0.1, 0.15) is 12.1 Å². The molecule has 29 heteroatoms. The van der Waals surface area contributed by atoms with Crippen molar-refractivity contribution in [1.82, 2.24) is 26.3 Å². The van der Waals surface area contributed by atoms with Gasteiger partial charge in [-0.05, 0) is 171 Å². The Balaban J connectivity index is 3.08. The van der Waals surface area contributed by atoms with E-state index in [1.54, 1.807) is 27.7 Å². The van der Waals surface area contributed by atoms with E-state index in [0.717, 1.165) is 18.9 Å². The van der Waals surface area contributed by atoms with E-state index < -0.39 is 95.8 Å². The largest absolute Gasteiger partial charge is 0.478 e. The summed E-state index contributed by atoms with van der Waals surface area (Å²) in [4.78, 5) is 127. The number of carbonyl (C=O) groups is 9. The van der Waals surface area contributed by atoms with Gasteiger partial charge in [-0.1, -0.05) is 0 Å². The molecule has 0 heterocycles. The van der Waals surface area contributed by atoms with Gasteiger partial charge in [0.15, 0.2) is 0 Å². The fourth-order valence-corrected chi connectivity index (χ4v) is 16.0. The summed E-state index contributed by atoms with van der Waals surface area (Å²) in [6.45, 7) is 7.60. The van der Waals surface area contributed by atoms with Gasteiger partial charge in [0, 0.05) is 78.1 Å². The third kappa shape index (κ3) is 11.5. The zero-order valence-corrected chi connectivity index (χ0v) is 50.2. The van der Waals surface area contributed by atoms with E-state index in [0.29, 0.717) is 4.90 Å². The van der Waals surface area contributed by atoms with Gasteiger partial charge < -0.3 is 42.7 Å². The molecular formula is C39H38Br9N9O11. The molecule has 0 bridgehead atoms. The van der Waals surface area contributed by atoms with Crippen LogP contribution in [0, 0.1) is 0 Å². The Morgan fingerprint density at radius 3 is 1.03 bits per heavy atom. The summed E-state index contributed by atoms with van der Waals surface area (Å²) in [6.07, 6.45) is 0. The molecule has 2 atom stereocenters. The molecule has 0 spiro atoms. The van der Waals surface area contributed by atoms with Crippen LogP contribution in [0.3, 0.4) is 0 Å². The number of nitrogens with two attached hydrogens (primary N) is 2. The molecule has 10 N–H and O–H groups in total. The minimum Gasteiger partial charge on any atom is -0.478 e. The van der Waals surface area contributed by atoms with Crippen LogP contribution in [0.25, 0.3) is 0 Å². The number of benzene rings is 3. The number of rotatable bonds is 17. The molecule has 0 aromatic heterocycles. The zero-order chi connectivity index (χ0) is 52.1. The smallest absolute Gasteiger partial charge is 0.354 e. The lowest BCUT2D eigenvalue weighted by Gasteiger charge is -2.41. The third-order valence-electron chi connectivity index (χ3n) is 9.35. The normalized spacial score (nSPS) is 11.8. The Hall–Kier alpha value is -3.03. The van der Waals surface area contributed by atoms with Crippen LogP contribution in [-0.2, 0) is 14.4 Å². The fraction of sp³-hybridized carbons (Fsp3) is 0.308. The minimum absolute atomic E-state index is 0.0161. The summed E-state index contributed by atoms with van der Waals surface area (Å²) in [5.41, 5.74) is 8.94. The van der Waals surface area contributed by atoms with Crippen LogP contribution in [-0.4, -0.2) is 102 Å². The summed E-state index contributed by atoms with van der Waals surface area (Å²) >= 11 is 30.5. The molecule has 0 radical (unpaired) electrons. The monoisotopic (exact) mass is 1520 g/mol. The van der Waals surface area contributed by atoms with E-state index in [1.807, 2.05) is 0 Å². The lowest BCUT2D eigenvalue weighted by atomic mass is 9.91. The second-order valence-corrected chi connectivity index (χ2v) is 20.8. The maximum absolute atomic E-state index is 14.8. The molecule has 68 heavy (non-hydrogen) atoms. The average molecular weight is 1530 g/mol. The first kappa shape index (κ1) is 59.3. The maximum Gasteiger partial charge on any atom is 0.354 e. The second kappa shape index (κ2) is 24.9. The molecule has 0 aliphatic heterocycles. The minimum atomic E-state index is -2.25. The molecule has 0 saturated heterocycles. The number of halogens is 9. The molecule has 2 unspecified atom stereocenters. The van der Waals surface area contributed by atoms with E-state index in [2.05, 4.69) is 165 Å². The molecule has 9 amide bonds. The molecule has 368 valence electrons. The van der Waals surface area contributed by atoms with E-state index in [-0.39, 0.29) is 91.5 Å². The number of hydroxylamine groups is 2. The van der Waals surface area contributed by atoms with E-state index in [9.17, 15) is 53.5 Å². The van der Waals surface area contributed by atoms with Crippen LogP contribution < -0.4 is 42.5 Å². The highest BCUT2D eigenvalue weighted by molar-refractivity contribution is 9.12. The quantitative estimate of drug-likeness (QED) is 0.0468. The van der Waals surface area contributed by atoms with Crippen molar-refractivity contribution in [2.75, 3.05) is 43.0 Å². The Kier molecular flexibility index (Phi) is 21.7. The topological polar surface area (TPSA) is 304 Å². The van der Waals surface area contributed by atoms with Crippen molar-refractivity contribution in [3.63, 3.8) is 0 Å². The number of amides is 9. The highest BCUT2D eigenvalue weighted by Crippen LogP contribution is 2.56. The number of urea groups is 1. The van der Waals surface area contributed by atoms with Crippen molar-refractivity contribution in [1.29, 1.82) is 0 Å². The highest BCUT2D eigenvalue weighted by Gasteiger charge is 2.47. The lowest BCUT2D eigenvalue weighted by Crippen LogP contribution is -2.47. The Morgan fingerprint density at radius 2 is 0.794 bits per heavy atom. The number of aromatic carboxylic acids is 1. The molecule has 20 nitrogen and oxygen atoms in total. The van der Waals surface area contributed by atoms with Gasteiger partial charge in [-0.2, -0.15) is 0 Å². The number of hydrogen-bond donors (Lipinski definition) is 8. The van der Waals surface area contributed by atoms with Crippen LogP contribution in [0.5, 0.6) is 0 Å². The van der Waals surface area contributed by atoms with Gasteiger partial charge in [-0.3, -0.25) is 38.8 Å². The number of carbonyl (C=O) groups excluding carboxylic acids is 8. The van der Waals surface area contributed by atoms with E-state index in [4.69, 9.17) is 11.5 Å². The number of imide groups is 1. The van der Waals surface area contributed by atoms with Gasteiger partial charge >= 0.3 is 12.0 Å². The van der Waals surface area contributed by atoms with Gasteiger partial charge in [0.25, 0.3) is 23.6 Å². The molecule has 0 saturated carbocycles. The zero-order valence-electron chi connectivity index (χ0n) is 35.9. The van der Waals surface area contributed by atoms with E-state index in [1.165, 1.54) is 0 Å². The highest BCUT2D eigenvalue weighted by atomic mass is 79.9. The van der Waals surface area contributed by atoms with Gasteiger partial charge in [-0.25, -0.2) is 19.6 Å². The summed E-state index contributed by atoms with van der Waals surface area (Å²) in [5, 5.41) is 31.8. The molecule has 3 aromatic carbocycles. The van der Waals surface area contributed by atoms with Crippen molar-refractivity contribution in [2.24, 2.45) is 11.5 Å². The van der Waals surface area contributed by atoms with Crippen molar-refractivity contribution >= 4 is 208 Å². The summed E-state index contributed by atoms with van der Waals surface area (Å²) in [6, 6.07) is -5.93. The van der Waals surface area contributed by atoms with Crippen molar-refractivity contribution in [3.05, 3.63) is 79.2 Å². The Morgan fingerprint density at radius 1 is 0.500 bits per heavy atom. The number of anilines is 2. The SMILES string of the molecule is CCNC(=O)c1c(Br)c(C(=O)NCC)c(Br)c(C(C(N)=O)N(c2c(Br)c(C(=O)O)c(Br)c(N(C(C)=O)C(=O)N(C)O)c2Br)C(C(N)=O)c2c(Br)c(C(=O)NCC)c(Br)c(C(=O)NCC)c2Br)c1Br. The standard InChI is InChI=1S/C39H38Br9N9O11/c1-7-51-34(61)14-19(40)12(20(41)15(23(14)44)35(62)52-8-2)28(32(49)59)57(31-26(47)18(38(65)66)25(46)30(27(31)48)56(11(5)58)39(67)55(6)68)29(33(50)60)13-21(42)16(36(63)53-9-3)24(45)17(22(13)43)37(64)54-10-4/h28-29,68H,7-10H2,1-6H3,(H2,49,59)(H2,50,60)(H,51,61)(H,52,62)(H,53,63)(H,54,64)(H,65,66). The number of hydrogen-bond acceptors (Lipinski definition) is 11. The van der Waals surface area contributed by atoms with Crippen molar-refractivity contribution in [3.8, 4) is 0 Å². The van der Waals surface area contributed by atoms with E-state index >= 15 is 0 Å². The Bertz CT molecular complexity index is 2460. The number of nitrogens with zero attached hydrogens (tertiary/aromatic N) is 3. The molecular weight excluding hydrogens is 1490 g/mol. The molecule has 0 aliphatic carbocycles. The average Bonchev–Trinajstić information content (AvgIpc) is 3.21. The van der Waals surface area contributed by atoms with Crippen LogP contribution in [0.1, 0.15) is 110 Å². The first-order chi connectivity index (χ1) is 31.7. The molecule has 0 aliphatic rings. The lowest BCUT2D eigenvalue weighted by molar-refractivity contribution is -0.121. The summed E-state index contributed by atoms with van der Waals surface area (Å²) in [7, 11) is 0.874. The number of nitrogens with one attached hydrogen (secondary N) is 4. The fourth-order valence-electron chi connectivity index (χ4n) is 6.67. The van der Waals surface area contributed by atoms with Gasteiger partial charge in [-0.15, -0.1) is 0 Å². The number of carboxylic acid groups (broad SMARTS) is 1. The number of primary amides is 2. The van der Waals surface area contributed by atoms with Gasteiger partial charge in [0.2, 0.25) is 17.7 Å². The Labute approximate surface area is 463 Å². The van der Waals surface area contributed by atoms with Crippen LogP contribution in [0.2, 0.25) is 0 Å². The predicted molar refractivity (Wildman–Crippen MR) is 282 cm³/mol.